The summed E-state index contributed by atoms with van der Waals surface area (Å²) in [6.07, 6.45) is -0.712. The van der Waals surface area contributed by atoms with Gasteiger partial charge in [-0.15, -0.1) is 0 Å². The second-order valence-electron chi connectivity index (χ2n) is 2.65. The maximum atomic E-state index is 11.4. The van der Waals surface area contributed by atoms with Gasteiger partial charge in [0.2, 0.25) is 0 Å². The lowest BCUT2D eigenvalue weighted by Crippen LogP contribution is -2.08. The van der Waals surface area contributed by atoms with Crippen LogP contribution in [0.25, 0.3) is 0 Å². The molecule has 3 nitrogen and oxygen atoms in total. The molecule has 1 rings (SSSR count). The first-order chi connectivity index (χ1) is 7.06. The predicted molar refractivity (Wildman–Crippen MR) is 52.6 cm³/mol. The van der Waals surface area contributed by atoms with E-state index in [1.54, 1.807) is 0 Å². The van der Waals surface area contributed by atoms with E-state index >= 15 is 0 Å². The van der Waals surface area contributed by atoms with Gasteiger partial charge in [0, 0.05) is 10.1 Å². The molecule has 0 radical (unpaired) electrons. The third kappa shape index (κ3) is 2.91. The molecule has 0 aromatic heterocycles. The highest BCUT2D eigenvalue weighted by molar-refractivity contribution is 6.44. The van der Waals surface area contributed by atoms with Crippen LogP contribution in [0.2, 0.25) is 10.0 Å². The Morgan fingerprint density at radius 1 is 1.33 bits per heavy atom. The molecule has 0 saturated carbocycles. The number of Topliss-reactive ketones (excluding diaryl/α,β-unsaturated/α-hetero) is 1. The van der Waals surface area contributed by atoms with Gasteiger partial charge in [-0.05, 0) is 12.1 Å². The number of ketones is 1. The molecule has 0 amide bonds. The lowest BCUT2D eigenvalue weighted by Gasteiger charge is -2.02. The summed E-state index contributed by atoms with van der Waals surface area (Å²) in [6.45, 7) is 0. The van der Waals surface area contributed by atoms with Gasteiger partial charge in [-0.25, -0.2) is 4.79 Å². The lowest BCUT2D eigenvalue weighted by atomic mass is 10.1. The predicted octanol–water partition coefficient (Wildman–Crippen LogP) is 2.99. The van der Waals surface area contributed by atoms with Crippen LogP contribution < -0.4 is 0 Å². The summed E-state index contributed by atoms with van der Waals surface area (Å²) in [5, 5.41) is 0.229. The van der Waals surface area contributed by atoms with Crippen molar-refractivity contribution in [2.45, 2.75) is 6.42 Å². The Bertz CT molecular complexity index is 406. The number of rotatable bonds is 3. The third-order valence-corrected chi connectivity index (χ3v) is 2.46. The Balaban J connectivity index is 2.92. The summed E-state index contributed by atoms with van der Waals surface area (Å²) in [7, 11) is 0. The normalized spacial score (nSPS) is 9.80. The molecule has 0 atom stereocenters. The van der Waals surface area contributed by atoms with Crippen LogP contribution in [0.4, 0.5) is 4.53 Å². The van der Waals surface area contributed by atoms with Crippen LogP contribution >= 0.6 is 23.2 Å². The molecule has 6 heteroatoms. The Morgan fingerprint density at radius 3 is 2.60 bits per heavy atom. The topological polar surface area (TPSA) is 43.4 Å². The maximum Gasteiger partial charge on any atom is 0.356 e. The minimum Gasteiger partial charge on any atom is -0.293 e. The average molecular weight is 251 g/mol. The van der Waals surface area contributed by atoms with Gasteiger partial charge in [-0.2, -0.15) is 0 Å². The molecule has 0 aliphatic carbocycles. The monoisotopic (exact) mass is 250 g/mol. The Morgan fingerprint density at radius 2 is 2.00 bits per heavy atom. The summed E-state index contributed by atoms with van der Waals surface area (Å²) in [5.74, 6) is -1.92. The average Bonchev–Trinajstić information content (AvgIpc) is 2.21. The molecule has 0 spiro atoms. The van der Waals surface area contributed by atoms with E-state index in [2.05, 4.69) is 4.94 Å². The van der Waals surface area contributed by atoms with E-state index in [1.807, 2.05) is 0 Å². The summed E-state index contributed by atoms with van der Waals surface area (Å²) >= 11 is 11.4. The quantitative estimate of drug-likeness (QED) is 0.612. The van der Waals surface area contributed by atoms with Crippen LogP contribution in [0, 0.1) is 0 Å². The van der Waals surface area contributed by atoms with E-state index in [1.165, 1.54) is 18.2 Å². The molecule has 0 aliphatic heterocycles. The van der Waals surface area contributed by atoms with Gasteiger partial charge < -0.3 is 0 Å². The minimum atomic E-state index is -1.27. The van der Waals surface area contributed by atoms with Gasteiger partial charge in [0.15, 0.2) is 5.78 Å². The van der Waals surface area contributed by atoms with Crippen LogP contribution in [0.15, 0.2) is 18.2 Å². The van der Waals surface area contributed by atoms with Crippen molar-refractivity contribution in [1.29, 1.82) is 0 Å². The maximum absolute atomic E-state index is 11.4. The van der Waals surface area contributed by atoms with Crippen molar-refractivity contribution in [3.05, 3.63) is 33.8 Å². The molecule has 80 valence electrons. The summed E-state index contributed by atoms with van der Waals surface area (Å²) in [4.78, 5) is 24.8. The van der Waals surface area contributed by atoms with Gasteiger partial charge in [0.25, 0.3) is 0 Å². The SMILES string of the molecule is O=C(CC(=O)c1cccc(Cl)c1Cl)OF. The zero-order valence-corrected chi connectivity index (χ0v) is 8.81. The molecule has 0 heterocycles. The van der Waals surface area contributed by atoms with E-state index in [-0.39, 0.29) is 15.6 Å². The molecule has 0 unspecified atom stereocenters. The van der Waals surface area contributed by atoms with Crippen LogP contribution in [0.5, 0.6) is 0 Å². The fourth-order valence-electron chi connectivity index (χ4n) is 0.973. The number of hydrogen-bond acceptors (Lipinski definition) is 3. The molecule has 0 aliphatic rings. The van der Waals surface area contributed by atoms with Crippen molar-refractivity contribution in [3.63, 3.8) is 0 Å². The van der Waals surface area contributed by atoms with Crippen molar-refractivity contribution in [2.24, 2.45) is 0 Å². The van der Waals surface area contributed by atoms with Crippen LogP contribution in [-0.4, -0.2) is 11.8 Å². The first-order valence-electron chi connectivity index (χ1n) is 3.85. The van der Waals surface area contributed by atoms with Crippen molar-refractivity contribution < 1.29 is 19.1 Å². The Hall–Kier alpha value is -1.13. The van der Waals surface area contributed by atoms with Gasteiger partial charge in [0.1, 0.15) is 6.42 Å². The Labute approximate surface area is 94.6 Å². The smallest absolute Gasteiger partial charge is 0.293 e. The minimum absolute atomic E-state index is 0.0378. The number of halogens is 3. The van der Waals surface area contributed by atoms with E-state index < -0.39 is 18.2 Å². The molecule has 0 fully saturated rings. The van der Waals surface area contributed by atoms with Gasteiger partial charge in [0.05, 0.1) is 10.0 Å². The molecule has 1 aromatic carbocycles. The lowest BCUT2D eigenvalue weighted by molar-refractivity contribution is -0.182. The first-order valence-corrected chi connectivity index (χ1v) is 4.60. The fraction of sp³-hybridized carbons (Fsp3) is 0.111. The third-order valence-electron chi connectivity index (χ3n) is 1.64. The van der Waals surface area contributed by atoms with Crippen LogP contribution in [0.1, 0.15) is 16.8 Å². The van der Waals surface area contributed by atoms with Crippen LogP contribution in [-0.2, 0) is 9.74 Å². The number of hydrogen-bond donors (Lipinski definition) is 0. The summed E-state index contributed by atoms with van der Waals surface area (Å²) in [5.41, 5.74) is 0.0644. The molecule has 15 heavy (non-hydrogen) atoms. The Kier molecular flexibility index (Phi) is 4.05. The number of benzene rings is 1. The largest absolute Gasteiger partial charge is 0.356 e. The van der Waals surface area contributed by atoms with E-state index in [9.17, 15) is 14.1 Å². The van der Waals surface area contributed by atoms with Gasteiger partial charge >= 0.3 is 5.97 Å². The highest BCUT2D eigenvalue weighted by Gasteiger charge is 2.17. The van der Waals surface area contributed by atoms with Crippen molar-refractivity contribution in [2.75, 3.05) is 0 Å². The fourth-order valence-corrected chi connectivity index (χ4v) is 1.38. The van der Waals surface area contributed by atoms with Gasteiger partial charge in [-0.3, -0.25) is 9.74 Å². The molecule has 1 aromatic rings. The molecular formula is C9H5Cl2FO3. The standard InChI is InChI=1S/C9H5Cl2FO3/c10-6-3-1-2-5(9(6)11)7(13)4-8(14)15-12/h1-3H,4H2. The zero-order valence-electron chi connectivity index (χ0n) is 7.30. The highest BCUT2D eigenvalue weighted by Crippen LogP contribution is 2.26. The zero-order chi connectivity index (χ0) is 11.4. The first kappa shape index (κ1) is 11.9. The van der Waals surface area contributed by atoms with Crippen molar-refractivity contribution in [1.82, 2.24) is 0 Å². The van der Waals surface area contributed by atoms with Crippen molar-refractivity contribution >= 4 is 35.0 Å². The number of carbonyl (C=O) groups excluding carboxylic acids is 2. The molecule has 0 bridgehead atoms. The second kappa shape index (κ2) is 5.09. The molecule has 0 saturated heterocycles. The van der Waals surface area contributed by atoms with Gasteiger partial charge in [-0.1, -0.05) is 29.3 Å². The van der Waals surface area contributed by atoms with Crippen molar-refractivity contribution in [3.8, 4) is 0 Å². The highest BCUT2D eigenvalue weighted by atomic mass is 35.5. The van der Waals surface area contributed by atoms with E-state index in [0.717, 1.165) is 0 Å². The molecular weight excluding hydrogens is 246 g/mol. The molecule has 0 N–H and O–H groups in total. The summed E-state index contributed by atoms with van der Waals surface area (Å²) in [6, 6.07) is 4.39. The van der Waals surface area contributed by atoms with Crippen LogP contribution in [0.3, 0.4) is 0 Å². The summed E-state index contributed by atoms with van der Waals surface area (Å²) < 4.78 is 11.4. The van der Waals surface area contributed by atoms with E-state index in [4.69, 9.17) is 23.2 Å². The second-order valence-corrected chi connectivity index (χ2v) is 3.44. The van der Waals surface area contributed by atoms with E-state index in [0.29, 0.717) is 0 Å². The number of carbonyl (C=O) groups is 2.